The molecular formula is C12H9Br3S. The van der Waals surface area contributed by atoms with E-state index >= 15 is 0 Å². The first-order valence-electron chi connectivity index (χ1n) is 4.74. The molecule has 0 aliphatic heterocycles. The van der Waals surface area contributed by atoms with E-state index < -0.39 is 0 Å². The first kappa shape index (κ1) is 12.8. The van der Waals surface area contributed by atoms with Crippen LogP contribution >= 0.6 is 59.1 Å². The van der Waals surface area contributed by atoms with Gasteiger partial charge in [-0.2, -0.15) is 0 Å². The van der Waals surface area contributed by atoms with Crippen LogP contribution < -0.4 is 0 Å². The van der Waals surface area contributed by atoms with Crippen molar-refractivity contribution in [1.82, 2.24) is 0 Å². The molecule has 0 N–H and O–H groups in total. The van der Waals surface area contributed by atoms with Gasteiger partial charge in [-0.05, 0) is 40.5 Å². The Hall–Kier alpha value is 0.360. The third kappa shape index (κ3) is 2.61. The zero-order valence-electron chi connectivity index (χ0n) is 8.51. The maximum Gasteiger partial charge on any atom is 0.0760 e. The Balaban J connectivity index is 2.43. The molecule has 2 aromatic rings. The molecule has 1 unspecified atom stereocenters. The molecule has 0 aliphatic carbocycles. The highest BCUT2D eigenvalue weighted by Gasteiger charge is 2.17. The summed E-state index contributed by atoms with van der Waals surface area (Å²) < 4.78 is 2.31. The summed E-state index contributed by atoms with van der Waals surface area (Å²) in [6.45, 7) is 2.12. The molecule has 4 heteroatoms. The van der Waals surface area contributed by atoms with Gasteiger partial charge < -0.3 is 0 Å². The second kappa shape index (κ2) is 5.34. The second-order valence-corrected chi connectivity index (χ2v) is 7.37. The first-order chi connectivity index (χ1) is 7.59. The van der Waals surface area contributed by atoms with Crippen LogP contribution in [0.2, 0.25) is 0 Å². The summed E-state index contributed by atoms with van der Waals surface area (Å²) in [5, 5.41) is 0. The Morgan fingerprint density at radius 2 is 1.81 bits per heavy atom. The Bertz CT molecular complexity index is 505. The summed E-state index contributed by atoms with van der Waals surface area (Å²) in [6.07, 6.45) is 0. The number of alkyl halides is 1. The highest BCUT2D eigenvalue weighted by molar-refractivity contribution is 9.11. The normalized spacial score (nSPS) is 12.8. The molecule has 2 rings (SSSR count). The summed E-state index contributed by atoms with van der Waals surface area (Å²) in [6, 6.07) is 10.4. The molecular weight excluding hydrogens is 416 g/mol. The van der Waals surface area contributed by atoms with Crippen LogP contribution in [0, 0.1) is 6.92 Å². The van der Waals surface area contributed by atoms with Crippen molar-refractivity contribution in [3.05, 3.63) is 54.6 Å². The van der Waals surface area contributed by atoms with Crippen LogP contribution in [0.15, 0.2) is 39.3 Å². The molecule has 0 saturated heterocycles. The SMILES string of the molecule is Cc1cc(Br)c(C(Br)c2ccccc2Br)s1. The van der Waals surface area contributed by atoms with Crippen molar-refractivity contribution in [1.29, 1.82) is 0 Å². The van der Waals surface area contributed by atoms with Crippen LogP contribution in [0.1, 0.15) is 20.1 Å². The summed E-state index contributed by atoms with van der Waals surface area (Å²) in [7, 11) is 0. The monoisotopic (exact) mass is 422 g/mol. The lowest BCUT2D eigenvalue weighted by Crippen LogP contribution is -1.91. The van der Waals surface area contributed by atoms with Crippen molar-refractivity contribution in [3.63, 3.8) is 0 Å². The number of benzene rings is 1. The van der Waals surface area contributed by atoms with Gasteiger partial charge in [-0.1, -0.05) is 50.1 Å². The van der Waals surface area contributed by atoms with Gasteiger partial charge in [0.2, 0.25) is 0 Å². The van der Waals surface area contributed by atoms with E-state index in [1.165, 1.54) is 19.8 Å². The maximum absolute atomic E-state index is 3.76. The van der Waals surface area contributed by atoms with Crippen molar-refractivity contribution in [2.75, 3.05) is 0 Å². The molecule has 0 fully saturated rings. The molecule has 0 saturated carbocycles. The van der Waals surface area contributed by atoms with Gasteiger partial charge in [-0.15, -0.1) is 11.3 Å². The summed E-state index contributed by atoms with van der Waals surface area (Å²) >= 11 is 12.8. The van der Waals surface area contributed by atoms with Crippen LogP contribution in [0.3, 0.4) is 0 Å². The van der Waals surface area contributed by atoms with E-state index in [2.05, 4.69) is 79.0 Å². The minimum absolute atomic E-state index is 0.233. The predicted molar refractivity (Wildman–Crippen MR) is 81.7 cm³/mol. The topological polar surface area (TPSA) is 0 Å². The lowest BCUT2D eigenvalue weighted by Gasteiger charge is -2.11. The third-order valence-electron chi connectivity index (χ3n) is 2.24. The minimum Gasteiger partial charge on any atom is -0.143 e. The van der Waals surface area contributed by atoms with Crippen molar-refractivity contribution >= 4 is 59.1 Å². The van der Waals surface area contributed by atoms with Gasteiger partial charge in [0.05, 0.1) is 4.83 Å². The number of rotatable bonds is 2. The Morgan fingerprint density at radius 1 is 1.12 bits per heavy atom. The molecule has 1 atom stereocenters. The lowest BCUT2D eigenvalue weighted by atomic mass is 10.1. The van der Waals surface area contributed by atoms with E-state index in [-0.39, 0.29) is 4.83 Å². The molecule has 1 heterocycles. The van der Waals surface area contributed by atoms with E-state index in [4.69, 9.17) is 0 Å². The molecule has 1 aromatic heterocycles. The predicted octanol–water partition coefficient (Wildman–Crippen LogP) is 6.07. The molecule has 16 heavy (non-hydrogen) atoms. The van der Waals surface area contributed by atoms with E-state index in [0.717, 1.165) is 4.47 Å². The van der Waals surface area contributed by atoms with E-state index in [9.17, 15) is 0 Å². The van der Waals surface area contributed by atoms with Crippen LogP contribution in [-0.4, -0.2) is 0 Å². The maximum atomic E-state index is 3.76. The van der Waals surface area contributed by atoms with Crippen LogP contribution in [0.4, 0.5) is 0 Å². The minimum atomic E-state index is 0.233. The standard InChI is InChI=1S/C12H9Br3S/c1-7-6-10(14)12(16-7)11(15)8-4-2-3-5-9(8)13/h2-6,11H,1H3. The van der Waals surface area contributed by atoms with Crippen LogP contribution in [-0.2, 0) is 0 Å². The lowest BCUT2D eigenvalue weighted by molar-refractivity contribution is 1.20. The van der Waals surface area contributed by atoms with Gasteiger partial charge in [-0.25, -0.2) is 0 Å². The van der Waals surface area contributed by atoms with Gasteiger partial charge >= 0.3 is 0 Å². The summed E-state index contributed by atoms with van der Waals surface area (Å²) in [5.74, 6) is 0. The first-order valence-corrected chi connectivity index (χ1v) is 8.05. The average molecular weight is 425 g/mol. The van der Waals surface area contributed by atoms with E-state index in [1.807, 2.05) is 17.4 Å². The number of hydrogen-bond acceptors (Lipinski definition) is 1. The Kier molecular flexibility index (Phi) is 4.27. The van der Waals surface area contributed by atoms with Crippen molar-refractivity contribution in [2.24, 2.45) is 0 Å². The summed E-state index contributed by atoms with van der Waals surface area (Å²) in [4.78, 5) is 2.86. The third-order valence-corrected chi connectivity index (χ3v) is 6.25. The average Bonchev–Trinajstić information content (AvgIpc) is 2.58. The highest BCUT2D eigenvalue weighted by Crippen LogP contribution is 2.42. The van der Waals surface area contributed by atoms with Gasteiger partial charge in [0.25, 0.3) is 0 Å². The molecule has 0 bridgehead atoms. The molecule has 0 aliphatic rings. The smallest absolute Gasteiger partial charge is 0.0760 e. The molecule has 0 spiro atoms. The van der Waals surface area contributed by atoms with Crippen molar-refractivity contribution in [3.8, 4) is 0 Å². The van der Waals surface area contributed by atoms with Crippen molar-refractivity contribution in [2.45, 2.75) is 11.8 Å². The molecule has 0 radical (unpaired) electrons. The van der Waals surface area contributed by atoms with Gasteiger partial charge in [-0.3, -0.25) is 0 Å². The second-order valence-electron chi connectivity index (χ2n) is 3.45. The van der Waals surface area contributed by atoms with E-state index in [1.54, 1.807) is 0 Å². The Morgan fingerprint density at radius 3 is 2.38 bits per heavy atom. The fraction of sp³-hybridized carbons (Fsp3) is 0.167. The van der Waals surface area contributed by atoms with Gasteiger partial charge in [0, 0.05) is 18.7 Å². The van der Waals surface area contributed by atoms with Crippen molar-refractivity contribution < 1.29 is 0 Å². The number of halogens is 3. The highest BCUT2D eigenvalue weighted by atomic mass is 79.9. The Labute approximate surface area is 124 Å². The van der Waals surface area contributed by atoms with Gasteiger partial charge in [0.1, 0.15) is 0 Å². The van der Waals surface area contributed by atoms with Crippen LogP contribution in [0.25, 0.3) is 0 Å². The fourth-order valence-electron chi connectivity index (χ4n) is 1.50. The largest absolute Gasteiger partial charge is 0.143 e. The van der Waals surface area contributed by atoms with Gasteiger partial charge in [0.15, 0.2) is 0 Å². The number of hydrogen-bond donors (Lipinski definition) is 0. The zero-order chi connectivity index (χ0) is 11.7. The molecule has 84 valence electrons. The zero-order valence-corrected chi connectivity index (χ0v) is 14.1. The summed E-state index contributed by atoms with van der Waals surface area (Å²) in [5.41, 5.74) is 1.25. The van der Waals surface area contributed by atoms with Crippen LogP contribution in [0.5, 0.6) is 0 Å². The number of thiophene rings is 1. The van der Waals surface area contributed by atoms with E-state index in [0.29, 0.717) is 0 Å². The molecule has 1 aromatic carbocycles. The molecule has 0 amide bonds. The molecule has 0 nitrogen and oxygen atoms in total. The fourth-order valence-corrected chi connectivity index (χ4v) is 5.43. The number of aryl methyl sites for hydroxylation is 1. The quantitative estimate of drug-likeness (QED) is 0.513.